The third kappa shape index (κ3) is 3.50. The molecule has 2 aromatic heterocycles. The fourth-order valence-electron chi connectivity index (χ4n) is 3.58. The molecule has 4 rings (SSSR count). The van der Waals surface area contributed by atoms with Gasteiger partial charge < -0.3 is 9.88 Å². The van der Waals surface area contributed by atoms with Gasteiger partial charge in [0.1, 0.15) is 0 Å². The summed E-state index contributed by atoms with van der Waals surface area (Å²) >= 11 is 0. The van der Waals surface area contributed by atoms with E-state index in [1.165, 1.54) is 24.1 Å². The lowest BCUT2D eigenvalue weighted by Crippen LogP contribution is -2.40. The van der Waals surface area contributed by atoms with Crippen LogP contribution in [0.1, 0.15) is 46.6 Å². The number of nitrogens with one attached hydrogen (secondary N) is 1. The maximum absolute atomic E-state index is 12.4. The van der Waals surface area contributed by atoms with E-state index in [1.54, 1.807) is 12.3 Å². The summed E-state index contributed by atoms with van der Waals surface area (Å²) in [5.41, 5.74) is 3.96. The minimum Gasteiger partial charge on any atom is -0.349 e. The van der Waals surface area contributed by atoms with Gasteiger partial charge in [0.15, 0.2) is 0 Å². The SMILES string of the molecule is Cc1ccc(C(=O)N[C@@H]2CCc3c(ccc(=O)n3CC3CC3)C2)cn1. The summed E-state index contributed by atoms with van der Waals surface area (Å²) in [4.78, 5) is 28.8. The zero-order chi connectivity index (χ0) is 17.4. The number of carbonyl (C=O) groups excluding carboxylic acids is 1. The Morgan fingerprint density at radius 1 is 1.24 bits per heavy atom. The molecule has 130 valence electrons. The van der Waals surface area contributed by atoms with Crippen LogP contribution in [-0.4, -0.2) is 21.5 Å². The normalized spacial score (nSPS) is 19.3. The number of fused-ring (bicyclic) bond motifs is 1. The zero-order valence-corrected chi connectivity index (χ0v) is 14.5. The Balaban J connectivity index is 1.48. The quantitative estimate of drug-likeness (QED) is 0.931. The van der Waals surface area contributed by atoms with Gasteiger partial charge in [-0.3, -0.25) is 14.6 Å². The van der Waals surface area contributed by atoms with Crippen molar-refractivity contribution in [3.8, 4) is 0 Å². The first-order chi connectivity index (χ1) is 12.1. The molecule has 0 aromatic carbocycles. The number of hydrogen-bond acceptors (Lipinski definition) is 3. The van der Waals surface area contributed by atoms with E-state index in [0.29, 0.717) is 11.5 Å². The minimum atomic E-state index is -0.0766. The van der Waals surface area contributed by atoms with Crippen molar-refractivity contribution in [1.29, 1.82) is 0 Å². The van der Waals surface area contributed by atoms with Crippen molar-refractivity contribution >= 4 is 5.91 Å². The molecule has 1 atom stereocenters. The molecule has 5 nitrogen and oxygen atoms in total. The highest BCUT2D eigenvalue weighted by molar-refractivity contribution is 5.94. The highest BCUT2D eigenvalue weighted by Gasteiger charge is 2.27. The largest absolute Gasteiger partial charge is 0.349 e. The van der Waals surface area contributed by atoms with Crippen LogP contribution in [0.3, 0.4) is 0 Å². The van der Waals surface area contributed by atoms with Crippen molar-refractivity contribution < 1.29 is 4.79 Å². The second-order valence-electron chi connectivity index (χ2n) is 7.30. The predicted octanol–water partition coefficient (Wildman–Crippen LogP) is 2.25. The molecule has 5 heteroatoms. The standard InChI is InChI=1S/C20H23N3O2/c1-13-2-5-16(11-21-13)20(25)22-17-7-8-18-15(10-17)6-9-19(24)23(18)12-14-3-4-14/h2,5-6,9,11,14,17H,3-4,7-8,10,12H2,1H3,(H,22,25)/t17-/m1/s1. The number of amides is 1. The van der Waals surface area contributed by atoms with Crippen LogP contribution in [0.2, 0.25) is 0 Å². The Bertz CT molecular complexity index is 850. The molecule has 2 aliphatic carbocycles. The minimum absolute atomic E-state index is 0.0766. The molecule has 0 saturated heterocycles. The smallest absolute Gasteiger partial charge is 0.253 e. The van der Waals surface area contributed by atoms with Crippen LogP contribution in [0.15, 0.2) is 35.3 Å². The van der Waals surface area contributed by atoms with Gasteiger partial charge in [0.2, 0.25) is 0 Å². The number of pyridine rings is 2. The summed E-state index contributed by atoms with van der Waals surface area (Å²) in [6.07, 6.45) is 6.58. The van der Waals surface area contributed by atoms with E-state index in [2.05, 4.69) is 10.3 Å². The molecular formula is C20H23N3O2. The molecular weight excluding hydrogens is 314 g/mol. The molecule has 0 radical (unpaired) electrons. The van der Waals surface area contributed by atoms with Crippen LogP contribution in [0.25, 0.3) is 0 Å². The van der Waals surface area contributed by atoms with Gasteiger partial charge >= 0.3 is 0 Å². The molecule has 2 aliphatic rings. The first-order valence-electron chi connectivity index (χ1n) is 9.05. The predicted molar refractivity (Wildman–Crippen MR) is 95.7 cm³/mol. The first kappa shape index (κ1) is 16.1. The molecule has 2 heterocycles. The van der Waals surface area contributed by atoms with E-state index in [4.69, 9.17) is 0 Å². The van der Waals surface area contributed by atoms with E-state index in [9.17, 15) is 9.59 Å². The Morgan fingerprint density at radius 2 is 2.08 bits per heavy atom. The van der Waals surface area contributed by atoms with Crippen LogP contribution in [0.4, 0.5) is 0 Å². The molecule has 0 bridgehead atoms. The molecule has 0 aliphatic heterocycles. The average Bonchev–Trinajstić information content (AvgIpc) is 3.42. The van der Waals surface area contributed by atoms with E-state index in [1.807, 2.05) is 29.7 Å². The van der Waals surface area contributed by atoms with E-state index in [0.717, 1.165) is 31.5 Å². The van der Waals surface area contributed by atoms with Crippen LogP contribution in [-0.2, 0) is 19.4 Å². The third-order valence-electron chi connectivity index (χ3n) is 5.23. The lowest BCUT2D eigenvalue weighted by Gasteiger charge is -2.27. The highest BCUT2D eigenvalue weighted by atomic mass is 16.1. The molecule has 1 N–H and O–H groups in total. The van der Waals surface area contributed by atoms with Crippen molar-refractivity contribution in [3.63, 3.8) is 0 Å². The average molecular weight is 337 g/mol. The monoisotopic (exact) mass is 337 g/mol. The van der Waals surface area contributed by atoms with Crippen molar-refractivity contribution in [2.45, 2.75) is 51.6 Å². The molecule has 1 fully saturated rings. The molecule has 0 unspecified atom stereocenters. The van der Waals surface area contributed by atoms with E-state index < -0.39 is 0 Å². The molecule has 1 amide bonds. The third-order valence-corrected chi connectivity index (χ3v) is 5.23. The van der Waals surface area contributed by atoms with Gasteiger partial charge in [-0.1, -0.05) is 6.07 Å². The number of aryl methyl sites for hydroxylation is 1. The number of rotatable bonds is 4. The van der Waals surface area contributed by atoms with Crippen LogP contribution in [0, 0.1) is 12.8 Å². The number of aromatic nitrogens is 2. The highest BCUT2D eigenvalue weighted by Crippen LogP contribution is 2.31. The topological polar surface area (TPSA) is 64.0 Å². The van der Waals surface area contributed by atoms with Gasteiger partial charge in [-0.2, -0.15) is 0 Å². The van der Waals surface area contributed by atoms with Crippen molar-refractivity contribution in [2.75, 3.05) is 0 Å². The van der Waals surface area contributed by atoms with Crippen molar-refractivity contribution in [1.82, 2.24) is 14.9 Å². The summed E-state index contributed by atoms with van der Waals surface area (Å²) in [5, 5.41) is 3.12. The Kier molecular flexibility index (Phi) is 4.15. The summed E-state index contributed by atoms with van der Waals surface area (Å²) in [6.45, 7) is 2.76. The molecule has 2 aromatic rings. The summed E-state index contributed by atoms with van der Waals surface area (Å²) in [5.74, 6) is 0.600. The summed E-state index contributed by atoms with van der Waals surface area (Å²) in [7, 11) is 0. The fraction of sp³-hybridized carbons (Fsp3) is 0.450. The zero-order valence-electron chi connectivity index (χ0n) is 14.5. The second-order valence-corrected chi connectivity index (χ2v) is 7.30. The van der Waals surface area contributed by atoms with Gasteiger partial charge in [0.25, 0.3) is 11.5 Å². The van der Waals surface area contributed by atoms with Crippen molar-refractivity contribution in [3.05, 3.63) is 63.3 Å². The maximum atomic E-state index is 12.4. The van der Waals surface area contributed by atoms with Crippen LogP contribution < -0.4 is 10.9 Å². The van der Waals surface area contributed by atoms with Gasteiger partial charge in [0.05, 0.1) is 5.56 Å². The Morgan fingerprint density at radius 3 is 2.80 bits per heavy atom. The van der Waals surface area contributed by atoms with Crippen LogP contribution in [0.5, 0.6) is 0 Å². The number of hydrogen-bond donors (Lipinski definition) is 1. The van der Waals surface area contributed by atoms with Crippen molar-refractivity contribution in [2.24, 2.45) is 5.92 Å². The summed E-state index contributed by atoms with van der Waals surface area (Å²) < 4.78 is 1.97. The van der Waals surface area contributed by atoms with E-state index in [-0.39, 0.29) is 17.5 Å². The Labute approximate surface area is 147 Å². The fourth-order valence-corrected chi connectivity index (χ4v) is 3.58. The lowest BCUT2D eigenvalue weighted by atomic mass is 9.91. The van der Waals surface area contributed by atoms with Gasteiger partial charge in [-0.25, -0.2) is 0 Å². The Hall–Kier alpha value is -2.43. The first-order valence-corrected chi connectivity index (χ1v) is 9.05. The lowest BCUT2D eigenvalue weighted by molar-refractivity contribution is 0.0933. The molecule has 1 saturated carbocycles. The van der Waals surface area contributed by atoms with E-state index >= 15 is 0 Å². The van der Waals surface area contributed by atoms with Gasteiger partial charge in [-0.05, 0) is 62.6 Å². The number of carbonyl (C=O) groups is 1. The van der Waals surface area contributed by atoms with Gasteiger partial charge in [0, 0.05) is 36.2 Å². The second kappa shape index (κ2) is 6.47. The van der Waals surface area contributed by atoms with Gasteiger partial charge in [-0.15, -0.1) is 0 Å². The van der Waals surface area contributed by atoms with Crippen LogP contribution >= 0.6 is 0 Å². The molecule has 25 heavy (non-hydrogen) atoms. The maximum Gasteiger partial charge on any atom is 0.253 e. The molecule has 0 spiro atoms. The number of nitrogens with zero attached hydrogens (tertiary/aromatic N) is 2. The summed E-state index contributed by atoms with van der Waals surface area (Å²) in [6, 6.07) is 7.37.